The number of aromatic nitrogens is 3. The van der Waals surface area contributed by atoms with Crippen LogP contribution < -0.4 is 10.9 Å². The molecule has 2 aromatic heterocycles. The summed E-state index contributed by atoms with van der Waals surface area (Å²) in [7, 11) is 1.51. The van der Waals surface area contributed by atoms with Gasteiger partial charge in [-0.3, -0.25) is 14.2 Å². The molecule has 0 fully saturated rings. The van der Waals surface area contributed by atoms with Crippen LogP contribution in [0, 0.1) is 0 Å². The van der Waals surface area contributed by atoms with E-state index >= 15 is 0 Å². The molecular formula is C22H16ClF3N4O2S. The SMILES string of the molecule is Cn1c(SCC(=O)Nc2ccc(Cl)cc2C(F)(F)F)nc2c(-c3ccccc3)c[nH]c2c1=O. The van der Waals surface area contributed by atoms with Crippen LogP contribution in [0.15, 0.2) is 64.7 Å². The van der Waals surface area contributed by atoms with Crippen LogP contribution in [0.4, 0.5) is 18.9 Å². The van der Waals surface area contributed by atoms with Crippen molar-refractivity contribution in [3.05, 3.63) is 75.7 Å². The van der Waals surface area contributed by atoms with Crippen molar-refractivity contribution in [3.8, 4) is 11.1 Å². The van der Waals surface area contributed by atoms with Gasteiger partial charge in [0.1, 0.15) is 11.0 Å². The topological polar surface area (TPSA) is 79.8 Å². The number of fused-ring (bicyclic) bond motifs is 1. The molecule has 0 aliphatic rings. The van der Waals surface area contributed by atoms with E-state index in [0.717, 1.165) is 35.0 Å². The maximum atomic E-state index is 13.3. The minimum Gasteiger partial charge on any atom is -0.355 e. The van der Waals surface area contributed by atoms with Gasteiger partial charge in [0, 0.05) is 23.8 Å². The van der Waals surface area contributed by atoms with Gasteiger partial charge in [-0.15, -0.1) is 0 Å². The number of thioether (sulfide) groups is 1. The molecule has 0 aliphatic carbocycles. The Morgan fingerprint density at radius 1 is 1.21 bits per heavy atom. The number of nitrogens with zero attached hydrogens (tertiary/aromatic N) is 2. The van der Waals surface area contributed by atoms with Crippen molar-refractivity contribution < 1.29 is 18.0 Å². The van der Waals surface area contributed by atoms with E-state index in [2.05, 4.69) is 15.3 Å². The predicted octanol–water partition coefficient (Wildman–Crippen LogP) is 5.33. The predicted molar refractivity (Wildman–Crippen MR) is 123 cm³/mol. The largest absolute Gasteiger partial charge is 0.418 e. The van der Waals surface area contributed by atoms with Crippen molar-refractivity contribution in [3.63, 3.8) is 0 Å². The van der Waals surface area contributed by atoms with E-state index < -0.39 is 23.3 Å². The van der Waals surface area contributed by atoms with Crippen LogP contribution in [0.1, 0.15) is 5.56 Å². The van der Waals surface area contributed by atoms with Gasteiger partial charge in [-0.25, -0.2) is 4.98 Å². The number of amides is 1. The number of hydrogen-bond acceptors (Lipinski definition) is 4. The molecule has 0 spiro atoms. The first-order valence-corrected chi connectivity index (χ1v) is 10.9. The molecule has 0 aliphatic heterocycles. The van der Waals surface area contributed by atoms with E-state index in [9.17, 15) is 22.8 Å². The van der Waals surface area contributed by atoms with Crippen LogP contribution >= 0.6 is 23.4 Å². The number of carbonyl (C=O) groups is 1. The number of aromatic amines is 1. The van der Waals surface area contributed by atoms with E-state index in [4.69, 9.17) is 11.6 Å². The van der Waals surface area contributed by atoms with Crippen molar-refractivity contribution in [1.29, 1.82) is 0 Å². The van der Waals surface area contributed by atoms with Crippen molar-refractivity contribution in [1.82, 2.24) is 14.5 Å². The first-order valence-electron chi connectivity index (χ1n) is 9.58. The lowest BCUT2D eigenvalue weighted by molar-refractivity contribution is -0.137. The lowest BCUT2D eigenvalue weighted by Crippen LogP contribution is -2.22. The summed E-state index contributed by atoms with van der Waals surface area (Å²) < 4.78 is 41.1. The number of halogens is 4. The van der Waals surface area contributed by atoms with Gasteiger partial charge >= 0.3 is 6.18 Å². The number of nitrogens with one attached hydrogen (secondary N) is 2. The minimum atomic E-state index is -4.68. The minimum absolute atomic E-state index is 0.0945. The fraction of sp³-hybridized carbons (Fsp3) is 0.136. The zero-order valence-corrected chi connectivity index (χ0v) is 18.6. The zero-order valence-electron chi connectivity index (χ0n) is 17.0. The molecular weight excluding hydrogens is 477 g/mol. The molecule has 170 valence electrons. The molecule has 4 rings (SSSR count). The summed E-state index contributed by atoms with van der Waals surface area (Å²) in [5.41, 5.74) is 0.589. The van der Waals surface area contributed by atoms with Gasteiger partial charge in [0.25, 0.3) is 5.56 Å². The Balaban J connectivity index is 1.58. The molecule has 11 heteroatoms. The van der Waals surface area contributed by atoms with E-state index in [-0.39, 0.29) is 21.5 Å². The quantitative estimate of drug-likeness (QED) is 0.291. The molecule has 33 heavy (non-hydrogen) atoms. The van der Waals surface area contributed by atoms with Gasteiger partial charge in [0.05, 0.1) is 17.0 Å². The molecule has 0 atom stereocenters. The zero-order chi connectivity index (χ0) is 23.8. The number of carbonyl (C=O) groups excluding carboxylic acids is 1. The number of hydrogen-bond donors (Lipinski definition) is 2. The number of alkyl halides is 3. The average Bonchev–Trinajstić information content (AvgIpc) is 3.20. The molecule has 1 amide bonds. The Hall–Kier alpha value is -3.24. The Morgan fingerprint density at radius 2 is 1.94 bits per heavy atom. The molecule has 6 nitrogen and oxygen atoms in total. The summed E-state index contributed by atoms with van der Waals surface area (Å²) in [5, 5.41) is 2.42. The number of benzene rings is 2. The van der Waals surface area contributed by atoms with Crippen LogP contribution in [0.25, 0.3) is 22.2 Å². The molecule has 4 aromatic rings. The summed E-state index contributed by atoms with van der Waals surface area (Å²) in [6, 6.07) is 12.5. The van der Waals surface area contributed by atoms with Crippen LogP contribution in [0.2, 0.25) is 5.02 Å². The number of rotatable bonds is 5. The molecule has 0 saturated carbocycles. The van der Waals surface area contributed by atoms with Crippen molar-refractivity contribution in [2.75, 3.05) is 11.1 Å². The van der Waals surface area contributed by atoms with Crippen molar-refractivity contribution >= 4 is 46.0 Å². The summed E-state index contributed by atoms with van der Waals surface area (Å²) in [6.07, 6.45) is -2.99. The van der Waals surface area contributed by atoms with Gasteiger partial charge < -0.3 is 10.3 Å². The second kappa shape index (κ2) is 8.95. The van der Waals surface area contributed by atoms with Gasteiger partial charge in [0.15, 0.2) is 5.16 Å². The van der Waals surface area contributed by atoms with Crippen molar-refractivity contribution in [2.45, 2.75) is 11.3 Å². The molecule has 0 unspecified atom stereocenters. The standard InChI is InChI=1S/C22H16ClF3N4O2S/c1-30-20(32)19-18(14(10-27-19)12-5-3-2-4-6-12)29-21(30)33-11-17(31)28-16-8-7-13(23)9-15(16)22(24,25)26/h2-10,27H,11H2,1H3,(H,28,31). The Bertz CT molecular complexity index is 1400. The third-order valence-electron chi connectivity index (χ3n) is 4.84. The van der Waals surface area contributed by atoms with E-state index in [1.54, 1.807) is 6.20 Å². The summed E-state index contributed by atoms with van der Waals surface area (Å²) in [5.74, 6) is -0.934. The first kappa shape index (κ1) is 22.9. The van der Waals surface area contributed by atoms with Gasteiger partial charge in [-0.05, 0) is 23.8 Å². The fourth-order valence-electron chi connectivity index (χ4n) is 3.26. The van der Waals surface area contributed by atoms with Gasteiger partial charge in [0.2, 0.25) is 5.91 Å². The van der Waals surface area contributed by atoms with Crippen LogP contribution in [0.3, 0.4) is 0 Å². The second-order valence-corrected chi connectivity index (χ2v) is 8.45. The first-order chi connectivity index (χ1) is 15.6. The molecule has 0 saturated heterocycles. The third-order valence-corrected chi connectivity index (χ3v) is 6.11. The lowest BCUT2D eigenvalue weighted by atomic mass is 10.1. The van der Waals surface area contributed by atoms with Gasteiger partial charge in [-0.2, -0.15) is 13.2 Å². The summed E-state index contributed by atoms with van der Waals surface area (Å²) in [6.45, 7) is 0. The highest BCUT2D eigenvalue weighted by molar-refractivity contribution is 7.99. The lowest BCUT2D eigenvalue weighted by Gasteiger charge is -2.14. The third kappa shape index (κ3) is 4.76. The normalized spacial score (nSPS) is 11.7. The number of anilines is 1. The summed E-state index contributed by atoms with van der Waals surface area (Å²) >= 11 is 6.61. The second-order valence-electron chi connectivity index (χ2n) is 7.08. The maximum absolute atomic E-state index is 13.3. The number of H-pyrrole nitrogens is 1. The Morgan fingerprint density at radius 3 is 2.64 bits per heavy atom. The highest BCUT2D eigenvalue weighted by atomic mass is 35.5. The highest BCUT2D eigenvalue weighted by Gasteiger charge is 2.34. The van der Waals surface area contributed by atoms with E-state index in [1.165, 1.54) is 17.7 Å². The van der Waals surface area contributed by atoms with Crippen LogP contribution in [-0.4, -0.2) is 26.2 Å². The molecule has 2 heterocycles. The van der Waals surface area contributed by atoms with Crippen LogP contribution in [0.5, 0.6) is 0 Å². The monoisotopic (exact) mass is 492 g/mol. The fourth-order valence-corrected chi connectivity index (χ4v) is 4.20. The maximum Gasteiger partial charge on any atom is 0.418 e. The van der Waals surface area contributed by atoms with Crippen LogP contribution in [-0.2, 0) is 18.0 Å². The van der Waals surface area contributed by atoms with Gasteiger partial charge in [-0.1, -0.05) is 53.7 Å². The highest BCUT2D eigenvalue weighted by Crippen LogP contribution is 2.36. The summed E-state index contributed by atoms with van der Waals surface area (Å²) in [4.78, 5) is 32.6. The Kier molecular flexibility index (Phi) is 6.22. The smallest absolute Gasteiger partial charge is 0.355 e. The average molecular weight is 493 g/mol. The van der Waals surface area contributed by atoms with Crippen molar-refractivity contribution in [2.24, 2.45) is 7.05 Å². The van der Waals surface area contributed by atoms with E-state index in [0.29, 0.717) is 11.0 Å². The molecule has 0 bridgehead atoms. The molecule has 2 aromatic carbocycles. The van der Waals surface area contributed by atoms with E-state index in [1.807, 2.05) is 30.3 Å². The Labute approximate surface area is 194 Å². The molecule has 2 N–H and O–H groups in total. The molecule has 0 radical (unpaired) electrons.